The predicted octanol–water partition coefficient (Wildman–Crippen LogP) is 1.35. The van der Waals surface area contributed by atoms with Gasteiger partial charge < -0.3 is 14.4 Å². The van der Waals surface area contributed by atoms with Crippen molar-refractivity contribution in [3.63, 3.8) is 0 Å². The lowest BCUT2D eigenvalue weighted by molar-refractivity contribution is -0.137. The molecule has 1 saturated heterocycles. The maximum atomic E-state index is 12.0. The van der Waals surface area contributed by atoms with Gasteiger partial charge in [-0.3, -0.25) is 9.59 Å². The summed E-state index contributed by atoms with van der Waals surface area (Å²) < 4.78 is 10.8. The first-order chi connectivity index (χ1) is 9.61. The van der Waals surface area contributed by atoms with Gasteiger partial charge in [0.05, 0.1) is 13.2 Å². The Kier molecular flexibility index (Phi) is 4.74. The molecule has 20 heavy (non-hydrogen) atoms. The zero-order valence-electron chi connectivity index (χ0n) is 11.8. The Morgan fingerprint density at radius 2 is 1.90 bits per heavy atom. The van der Waals surface area contributed by atoms with E-state index in [0.29, 0.717) is 37.6 Å². The highest BCUT2D eigenvalue weighted by Gasteiger charge is 2.18. The van der Waals surface area contributed by atoms with E-state index in [0.717, 1.165) is 17.4 Å². The topological polar surface area (TPSA) is 55.8 Å². The van der Waals surface area contributed by atoms with Crippen LogP contribution in [0.25, 0.3) is 0 Å². The molecule has 1 amide bonds. The molecule has 2 rings (SSSR count). The maximum absolute atomic E-state index is 12.0. The fourth-order valence-corrected chi connectivity index (χ4v) is 2.32. The number of aldehydes is 1. The van der Waals surface area contributed by atoms with Crippen LogP contribution in [0.2, 0.25) is 0 Å². The second kappa shape index (κ2) is 6.52. The average molecular weight is 277 g/mol. The van der Waals surface area contributed by atoms with E-state index < -0.39 is 0 Å². The van der Waals surface area contributed by atoms with Crippen LogP contribution in [-0.2, 0) is 9.53 Å². The molecule has 0 N–H and O–H groups in total. The molecule has 1 heterocycles. The number of nitrogens with zero attached hydrogens (tertiary/aromatic N) is 1. The van der Waals surface area contributed by atoms with Gasteiger partial charge in [0.15, 0.2) is 6.61 Å². The van der Waals surface area contributed by atoms with Crippen molar-refractivity contribution < 1.29 is 19.1 Å². The number of hydrogen-bond donors (Lipinski definition) is 0. The van der Waals surface area contributed by atoms with Crippen LogP contribution in [0.15, 0.2) is 12.1 Å². The smallest absolute Gasteiger partial charge is 0.260 e. The zero-order chi connectivity index (χ0) is 14.5. The third kappa shape index (κ3) is 3.36. The van der Waals surface area contributed by atoms with E-state index in [1.807, 2.05) is 13.8 Å². The molecule has 0 unspecified atom stereocenters. The summed E-state index contributed by atoms with van der Waals surface area (Å²) in [6.07, 6.45) is 0.808. The summed E-state index contributed by atoms with van der Waals surface area (Å²) >= 11 is 0. The number of benzene rings is 1. The molecule has 0 bridgehead atoms. The predicted molar refractivity (Wildman–Crippen MR) is 74.2 cm³/mol. The largest absolute Gasteiger partial charge is 0.483 e. The van der Waals surface area contributed by atoms with Gasteiger partial charge in [0, 0.05) is 18.7 Å². The monoisotopic (exact) mass is 277 g/mol. The zero-order valence-corrected chi connectivity index (χ0v) is 11.8. The van der Waals surface area contributed by atoms with Crippen LogP contribution < -0.4 is 4.74 Å². The molecule has 5 heteroatoms. The number of ether oxygens (including phenoxy) is 2. The maximum Gasteiger partial charge on any atom is 0.260 e. The van der Waals surface area contributed by atoms with Crippen LogP contribution >= 0.6 is 0 Å². The molecule has 108 valence electrons. The standard InChI is InChI=1S/C15H19NO4/c1-11-7-13(9-17)8-12(2)15(11)20-10-14(18)16-3-5-19-6-4-16/h7-9H,3-6,10H2,1-2H3. The second-order valence-corrected chi connectivity index (χ2v) is 4.88. The lowest BCUT2D eigenvalue weighted by Crippen LogP contribution is -2.43. The van der Waals surface area contributed by atoms with Gasteiger partial charge in [0.25, 0.3) is 5.91 Å². The number of carbonyl (C=O) groups is 2. The molecule has 0 aliphatic carbocycles. The molecular weight excluding hydrogens is 258 g/mol. The highest BCUT2D eigenvalue weighted by Crippen LogP contribution is 2.24. The van der Waals surface area contributed by atoms with E-state index in [9.17, 15) is 9.59 Å². The SMILES string of the molecule is Cc1cc(C=O)cc(C)c1OCC(=O)N1CCOCC1. The van der Waals surface area contributed by atoms with Crippen molar-refractivity contribution in [1.29, 1.82) is 0 Å². The van der Waals surface area contributed by atoms with Crippen LogP contribution in [0.3, 0.4) is 0 Å². The van der Waals surface area contributed by atoms with Crippen LogP contribution in [0.5, 0.6) is 5.75 Å². The Hall–Kier alpha value is -1.88. The molecule has 5 nitrogen and oxygen atoms in total. The van der Waals surface area contributed by atoms with Crippen molar-refractivity contribution in [2.24, 2.45) is 0 Å². The first-order valence-electron chi connectivity index (χ1n) is 6.66. The Morgan fingerprint density at radius 3 is 2.45 bits per heavy atom. The molecule has 1 aromatic rings. The fraction of sp³-hybridized carbons (Fsp3) is 0.467. The minimum absolute atomic E-state index is 0.0160. The van der Waals surface area contributed by atoms with E-state index in [-0.39, 0.29) is 12.5 Å². The highest BCUT2D eigenvalue weighted by molar-refractivity contribution is 5.78. The number of amides is 1. The molecule has 1 aliphatic heterocycles. The first kappa shape index (κ1) is 14.5. The summed E-state index contributed by atoms with van der Waals surface area (Å²) in [6.45, 7) is 6.15. The van der Waals surface area contributed by atoms with Crippen molar-refractivity contribution >= 4 is 12.2 Å². The highest BCUT2D eigenvalue weighted by atomic mass is 16.5. The van der Waals surface area contributed by atoms with Crippen LogP contribution in [0.1, 0.15) is 21.5 Å². The van der Waals surface area contributed by atoms with Gasteiger partial charge in [-0.1, -0.05) is 0 Å². The van der Waals surface area contributed by atoms with Gasteiger partial charge >= 0.3 is 0 Å². The Balaban J connectivity index is 2.00. The van der Waals surface area contributed by atoms with Gasteiger partial charge in [0.1, 0.15) is 12.0 Å². The van der Waals surface area contributed by atoms with Crippen molar-refractivity contribution in [2.45, 2.75) is 13.8 Å². The van der Waals surface area contributed by atoms with Gasteiger partial charge in [-0.05, 0) is 37.1 Å². The third-order valence-corrected chi connectivity index (χ3v) is 3.32. The minimum atomic E-state index is -0.0356. The summed E-state index contributed by atoms with van der Waals surface area (Å²) in [5.41, 5.74) is 2.34. The van der Waals surface area contributed by atoms with E-state index >= 15 is 0 Å². The fourth-order valence-electron chi connectivity index (χ4n) is 2.32. The second-order valence-electron chi connectivity index (χ2n) is 4.88. The van der Waals surface area contributed by atoms with Crippen molar-refractivity contribution in [1.82, 2.24) is 4.90 Å². The molecule has 0 aromatic heterocycles. The van der Waals surface area contributed by atoms with Crippen molar-refractivity contribution in [3.05, 3.63) is 28.8 Å². The van der Waals surface area contributed by atoms with Crippen molar-refractivity contribution in [2.75, 3.05) is 32.9 Å². The average Bonchev–Trinajstić information content (AvgIpc) is 2.46. The summed E-state index contributed by atoms with van der Waals surface area (Å²) in [5.74, 6) is 0.642. The molecule has 0 atom stereocenters. The normalized spacial score (nSPS) is 15.0. The molecule has 1 fully saturated rings. The van der Waals surface area contributed by atoms with E-state index in [2.05, 4.69) is 0 Å². The van der Waals surface area contributed by atoms with Gasteiger partial charge in [-0.25, -0.2) is 0 Å². The Bertz CT molecular complexity index is 484. The van der Waals surface area contributed by atoms with Crippen LogP contribution in [-0.4, -0.2) is 50.0 Å². The lowest BCUT2D eigenvalue weighted by atomic mass is 10.1. The quantitative estimate of drug-likeness (QED) is 0.780. The number of hydrogen-bond acceptors (Lipinski definition) is 4. The van der Waals surface area contributed by atoms with Gasteiger partial charge in [0.2, 0.25) is 0 Å². The third-order valence-electron chi connectivity index (χ3n) is 3.32. The van der Waals surface area contributed by atoms with Gasteiger partial charge in [-0.15, -0.1) is 0 Å². The lowest BCUT2D eigenvalue weighted by Gasteiger charge is -2.27. The van der Waals surface area contributed by atoms with Crippen LogP contribution in [0, 0.1) is 13.8 Å². The van der Waals surface area contributed by atoms with E-state index in [1.165, 1.54) is 0 Å². The van der Waals surface area contributed by atoms with Gasteiger partial charge in [-0.2, -0.15) is 0 Å². The molecule has 1 aromatic carbocycles. The Morgan fingerprint density at radius 1 is 1.30 bits per heavy atom. The van der Waals surface area contributed by atoms with Crippen molar-refractivity contribution in [3.8, 4) is 5.75 Å². The summed E-state index contributed by atoms with van der Waals surface area (Å²) in [6, 6.07) is 3.52. The van der Waals surface area contributed by atoms with E-state index in [1.54, 1.807) is 17.0 Å². The minimum Gasteiger partial charge on any atom is -0.483 e. The number of aryl methyl sites for hydroxylation is 2. The summed E-state index contributed by atoms with van der Waals surface area (Å²) in [5, 5.41) is 0. The molecule has 0 saturated carbocycles. The number of carbonyl (C=O) groups excluding carboxylic acids is 2. The van der Waals surface area contributed by atoms with Crippen LogP contribution in [0.4, 0.5) is 0 Å². The molecule has 0 radical (unpaired) electrons. The number of morpholine rings is 1. The molecule has 0 spiro atoms. The molecule has 1 aliphatic rings. The Labute approximate surface area is 118 Å². The number of rotatable bonds is 4. The summed E-state index contributed by atoms with van der Waals surface area (Å²) in [7, 11) is 0. The summed E-state index contributed by atoms with van der Waals surface area (Å²) in [4.78, 5) is 24.5. The molecular formula is C15H19NO4. The first-order valence-corrected chi connectivity index (χ1v) is 6.66. The van der Waals surface area contributed by atoms with E-state index in [4.69, 9.17) is 9.47 Å².